The van der Waals surface area contributed by atoms with E-state index in [1.165, 1.54) is 12.0 Å². The summed E-state index contributed by atoms with van der Waals surface area (Å²) in [4.78, 5) is 28.1. The summed E-state index contributed by atoms with van der Waals surface area (Å²) in [6, 6.07) is 19.1. The summed E-state index contributed by atoms with van der Waals surface area (Å²) < 4.78 is 15.9. The predicted molar refractivity (Wildman–Crippen MR) is 123 cm³/mol. The van der Waals surface area contributed by atoms with E-state index >= 15 is 0 Å². The molecule has 0 spiro atoms. The highest BCUT2D eigenvalue weighted by atomic mass is 16.5. The molecule has 7 heteroatoms. The van der Waals surface area contributed by atoms with Crippen LogP contribution < -0.4 is 19.1 Å². The Morgan fingerprint density at radius 3 is 2.27 bits per heavy atom. The molecule has 7 nitrogen and oxygen atoms in total. The standard InChI is InChI=1S/C26H25NO6/c1-31-22-11-7-4-8-18(22)21(28)15-26(30)19-9-5-6-10-20(19)27(25(26)29)16-17-12-13-23(32-2)24(14-17)33-3/h4-14,30H,15-16H2,1-3H3/t26-/m0/s1. The molecule has 0 aliphatic carbocycles. The van der Waals surface area contributed by atoms with Crippen molar-refractivity contribution in [3.63, 3.8) is 0 Å². The SMILES string of the molecule is COc1ccc(CN2C(=O)[C@](O)(CC(=O)c3ccccc3OC)c3ccccc32)cc1OC. The smallest absolute Gasteiger partial charge is 0.264 e. The van der Waals surface area contributed by atoms with Gasteiger partial charge in [-0.3, -0.25) is 9.59 Å². The van der Waals surface area contributed by atoms with Crippen molar-refractivity contribution >= 4 is 17.4 Å². The summed E-state index contributed by atoms with van der Waals surface area (Å²) in [6.07, 6.45) is -0.397. The number of para-hydroxylation sites is 2. The molecule has 0 bridgehead atoms. The van der Waals surface area contributed by atoms with Gasteiger partial charge in [-0.05, 0) is 35.9 Å². The second-order valence-electron chi connectivity index (χ2n) is 7.76. The summed E-state index contributed by atoms with van der Waals surface area (Å²) in [5, 5.41) is 11.5. The number of anilines is 1. The van der Waals surface area contributed by atoms with Crippen molar-refractivity contribution in [2.75, 3.05) is 26.2 Å². The Hall–Kier alpha value is -3.84. The number of amides is 1. The number of rotatable bonds is 8. The van der Waals surface area contributed by atoms with E-state index in [1.54, 1.807) is 74.9 Å². The fraction of sp³-hybridized carbons (Fsp3) is 0.231. The first-order valence-electron chi connectivity index (χ1n) is 10.4. The van der Waals surface area contributed by atoms with Crippen molar-refractivity contribution in [2.24, 2.45) is 0 Å². The maximum absolute atomic E-state index is 13.5. The lowest BCUT2D eigenvalue weighted by molar-refractivity contribution is -0.136. The van der Waals surface area contributed by atoms with E-state index in [0.29, 0.717) is 34.1 Å². The van der Waals surface area contributed by atoms with Gasteiger partial charge in [-0.25, -0.2) is 0 Å². The van der Waals surface area contributed by atoms with Gasteiger partial charge in [-0.2, -0.15) is 0 Å². The third-order valence-electron chi connectivity index (χ3n) is 5.85. The van der Waals surface area contributed by atoms with Gasteiger partial charge in [0.1, 0.15) is 5.75 Å². The number of ketones is 1. The van der Waals surface area contributed by atoms with E-state index in [-0.39, 0.29) is 12.3 Å². The lowest BCUT2D eigenvalue weighted by atomic mass is 9.88. The van der Waals surface area contributed by atoms with Crippen LogP contribution in [0, 0.1) is 0 Å². The zero-order chi connectivity index (χ0) is 23.6. The molecular weight excluding hydrogens is 422 g/mol. The van der Waals surface area contributed by atoms with Crippen LogP contribution in [0.3, 0.4) is 0 Å². The summed E-state index contributed by atoms with van der Waals surface area (Å²) in [6.45, 7) is 0.196. The molecule has 1 heterocycles. The molecule has 1 atom stereocenters. The van der Waals surface area contributed by atoms with Crippen LogP contribution in [-0.4, -0.2) is 38.1 Å². The van der Waals surface area contributed by atoms with Crippen molar-refractivity contribution in [3.05, 3.63) is 83.4 Å². The molecule has 3 aromatic carbocycles. The molecule has 4 rings (SSSR count). The second kappa shape index (κ2) is 8.96. The van der Waals surface area contributed by atoms with Crippen LogP contribution in [0.4, 0.5) is 5.69 Å². The largest absolute Gasteiger partial charge is 0.496 e. The van der Waals surface area contributed by atoms with Crippen LogP contribution in [0.5, 0.6) is 17.2 Å². The first-order chi connectivity index (χ1) is 15.9. The monoisotopic (exact) mass is 447 g/mol. The first kappa shape index (κ1) is 22.4. The number of hydrogen-bond donors (Lipinski definition) is 1. The Bertz CT molecular complexity index is 1210. The molecule has 3 aromatic rings. The van der Waals surface area contributed by atoms with Crippen molar-refractivity contribution < 1.29 is 28.9 Å². The molecule has 1 aliphatic heterocycles. The molecule has 0 saturated heterocycles. The number of methoxy groups -OCH3 is 3. The van der Waals surface area contributed by atoms with E-state index in [4.69, 9.17) is 14.2 Å². The van der Waals surface area contributed by atoms with Crippen LogP contribution in [0.25, 0.3) is 0 Å². The Kier molecular flexibility index (Phi) is 6.07. The number of carbonyl (C=O) groups is 2. The topological polar surface area (TPSA) is 85.3 Å². The minimum atomic E-state index is -1.98. The van der Waals surface area contributed by atoms with Crippen LogP contribution in [0.1, 0.15) is 27.9 Å². The first-order valence-corrected chi connectivity index (χ1v) is 10.4. The quantitative estimate of drug-likeness (QED) is 0.530. The van der Waals surface area contributed by atoms with Crippen molar-refractivity contribution in [2.45, 2.75) is 18.6 Å². The van der Waals surface area contributed by atoms with Gasteiger partial charge in [0, 0.05) is 5.56 Å². The fourth-order valence-corrected chi connectivity index (χ4v) is 4.20. The summed E-state index contributed by atoms with van der Waals surface area (Å²) in [7, 11) is 4.57. The van der Waals surface area contributed by atoms with Crippen LogP contribution >= 0.6 is 0 Å². The number of ether oxygens (including phenoxy) is 3. The van der Waals surface area contributed by atoms with Gasteiger partial charge in [-0.1, -0.05) is 36.4 Å². The summed E-state index contributed by atoms with van der Waals surface area (Å²) in [5.74, 6) is 0.574. The molecule has 0 fully saturated rings. The molecule has 0 saturated carbocycles. The highest BCUT2D eigenvalue weighted by molar-refractivity contribution is 6.11. The molecule has 170 valence electrons. The van der Waals surface area contributed by atoms with Crippen molar-refractivity contribution in [1.29, 1.82) is 0 Å². The number of carbonyl (C=O) groups excluding carboxylic acids is 2. The normalized spacial score (nSPS) is 17.0. The molecule has 1 aliphatic rings. The Balaban J connectivity index is 1.68. The van der Waals surface area contributed by atoms with Gasteiger partial charge in [0.15, 0.2) is 22.9 Å². The molecule has 1 amide bonds. The molecule has 1 N–H and O–H groups in total. The van der Waals surface area contributed by atoms with Crippen LogP contribution in [0.15, 0.2) is 66.7 Å². The van der Waals surface area contributed by atoms with Gasteiger partial charge < -0.3 is 24.2 Å². The average molecular weight is 447 g/mol. The number of nitrogens with zero attached hydrogens (tertiary/aromatic N) is 1. The van der Waals surface area contributed by atoms with Crippen LogP contribution in [-0.2, 0) is 16.9 Å². The highest BCUT2D eigenvalue weighted by Crippen LogP contribution is 2.44. The Morgan fingerprint density at radius 1 is 0.879 bits per heavy atom. The molecular formula is C26H25NO6. The van der Waals surface area contributed by atoms with Gasteiger partial charge in [0.05, 0.1) is 45.5 Å². The highest BCUT2D eigenvalue weighted by Gasteiger charge is 2.51. The van der Waals surface area contributed by atoms with Crippen LogP contribution in [0.2, 0.25) is 0 Å². The van der Waals surface area contributed by atoms with Gasteiger partial charge in [-0.15, -0.1) is 0 Å². The van der Waals surface area contributed by atoms with Gasteiger partial charge >= 0.3 is 0 Å². The van der Waals surface area contributed by atoms with Crippen molar-refractivity contribution in [3.8, 4) is 17.2 Å². The maximum atomic E-state index is 13.5. The van der Waals surface area contributed by atoms with E-state index in [9.17, 15) is 14.7 Å². The fourth-order valence-electron chi connectivity index (χ4n) is 4.20. The molecule has 0 aromatic heterocycles. The number of aliphatic hydroxyl groups is 1. The number of benzene rings is 3. The van der Waals surface area contributed by atoms with E-state index < -0.39 is 17.9 Å². The lowest BCUT2D eigenvalue weighted by Gasteiger charge is -2.23. The molecule has 33 heavy (non-hydrogen) atoms. The third kappa shape index (κ3) is 3.91. The maximum Gasteiger partial charge on any atom is 0.264 e. The zero-order valence-electron chi connectivity index (χ0n) is 18.7. The Morgan fingerprint density at radius 2 is 1.55 bits per heavy atom. The van der Waals surface area contributed by atoms with E-state index in [0.717, 1.165) is 5.56 Å². The van der Waals surface area contributed by atoms with Crippen molar-refractivity contribution in [1.82, 2.24) is 0 Å². The van der Waals surface area contributed by atoms with Gasteiger partial charge in [0.25, 0.3) is 5.91 Å². The number of fused-ring (bicyclic) bond motifs is 1. The molecule has 0 unspecified atom stereocenters. The zero-order valence-corrected chi connectivity index (χ0v) is 18.7. The molecule has 0 radical (unpaired) electrons. The summed E-state index contributed by atoms with van der Waals surface area (Å²) in [5.41, 5.74) is 0.0879. The minimum Gasteiger partial charge on any atom is -0.496 e. The Labute approximate surface area is 192 Å². The van der Waals surface area contributed by atoms with E-state index in [1.807, 2.05) is 6.07 Å². The minimum absolute atomic E-state index is 0.196. The lowest BCUT2D eigenvalue weighted by Crippen LogP contribution is -2.41. The number of hydrogen-bond acceptors (Lipinski definition) is 6. The summed E-state index contributed by atoms with van der Waals surface area (Å²) >= 11 is 0. The third-order valence-corrected chi connectivity index (χ3v) is 5.85. The van der Waals surface area contributed by atoms with Gasteiger partial charge in [0.2, 0.25) is 0 Å². The van der Waals surface area contributed by atoms with E-state index in [2.05, 4.69) is 0 Å². The average Bonchev–Trinajstić information content (AvgIpc) is 3.05. The predicted octanol–water partition coefficient (Wildman–Crippen LogP) is 3.72. The second-order valence-corrected chi connectivity index (χ2v) is 7.76. The number of Topliss-reactive ketones (excluding diaryl/α,β-unsaturated/α-hetero) is 1.